The van der Waals surface area contributed by atoms with Crippen molar-refractivity contribution in [1.29, 1.82) is 0 Å². The molecular formula is C25H23BrClNO6. The Morgan fingerprint density at radius 1 is 1.18 bits per heavy atom. The first kappa shape index (κ1) is 24.2. The van der Waals surface area contributed by atoms with Gasteiger partial charge in [-0.15, -0.1) is 0 Å². The van der Waals surface area contributed by atoms with Crippen LogP contribution in [0.1, 0.15) is 36.3 Å². The molecule has 1 heterocycles. The van der Waals surface area contributed by atoms with E-state index in [1.165, 1.54) is 7.11 Å². The summed E-state index contributed by atoms with van der Waals surface area (Å²) in [7, 11) is 2.82. The van der Waals surface area contributed by atoms with Crippen LogP contribution in [0.15, 0.2) is 63.7 Å². The molecule has 2 aliphatic rings. The molecule has 7 nitrogen and oxygen atoms in total. The zero-order chi connectivity index (χ0) is 24.4. The van der Waals surface area contributed by atoms with Crippen LogP contribution in [0, 0.1) is 0 Å². The van der Waals surface area contributed by atoms with Crippen LogP contribution in [0.2, 0.25) is 5.02 Å². The Morgan fingerprint density at radius 3 is 2.65 bits per heavy atom. The summed E-state index contributed by atoms with van der Waals surface area (Å²) in [6, 6.07) is 10.7. The van der Waals surface area contributed by atoms with Crippen molar-refractivity contribution in [2.24, 2.45) is 5.73 Å². The standard InChI is InChI=1S/C25H23BrClNO6/c1-31-18-8-6-13(10-14(18)12-33-19-9-7-15(26)11-16(19)27)21-22-17(29)4-3-5-20(22)34-24(28)23(21)25(30)32-2/h6-11,21H,3-5,12,28H2,1-2H3/t21-/m0/s1. The molecule has 34 heavy (non-hydrogen) atoms. The van der Waals surface area contributed by atoms with Gasteiger partial charge in [-0.1, -0.05) is 33.6 Å². The maximum Gasteiger partial charge on any atom is 0.340 e. The lowest BCUT2D eigenvalue weighted by Gasteiger charge is -2.32. The Morgan fingerprint density at radius 2 is 1.94 bits per heavy atom. The lowest BCUT2D eigenvalue weighted by Crippen LogP contribution is -2.31. The average molecular weight is 549 g/mol. The number of allylic oxidation sites excluding steroid dienone is 2. The Bertz CT molecular complexity index is 1220. The molecule has 0 saturated carbocycles. The van der Waals surface area contributed by atoms with Crippen molar-refractivity contribution in [3.63, 3.8) is 0 Å². The highest BCUT2D eigenvalue weighted by Crippen LogP contribution is 2.44. The zero-order valence-corrected chi connectivity index (χ0v) is 21.0. The van der Waals surface area contributed by atoms with Crippen molar-refractivity contribution < 1.29 is 28.5 Å². The van der Waals surface area contributed by atoms with E-state index >= 15 is 0 Å². The minimum absolute atomic E-state index is 0.0550. The second-order valence-corrected chi connectivity index (χ2v) is 9.18. The summed E-state index contributed by atoms with van der Waals surface area (Å²) in [4.78, 5) is 25.6. The first-order valence-corrected chi connectivity index (χ1v) is 11.8. The van der Waals surface area contributed by atoms with E-state index in [-0.39, 0.29) is 23.8 Å². The maximum absolute atomic E-state index is 12.9. The molecule has 0 unspecified atom stereocenters. The van der Waals surface area contributed by atoms with Crippen LogP contribution in [0.25, 0.3) is 0 Å². The van der Waals surface area contributed by atoms with Gasteiger partial charge in [0.25, 0.3) is 0 Å². The minimum Gasteiger partial charge on any atom is -0.496 e. The fourth-order valence-electron chi connectivity index (χ4n) is 4.24. The van der Waals surface area contributed by atoms with Crippen LogP contribution in [-0.4, -0.2) is 26.0 Å². The second kappa shape index (κ2) is 10.1. The molecule has 4 rings (SSSR count). The molecule has 178 valence electrons. The molecule has 9 heteroatoms. The van der Waals surface area contributed by atoms with E-state index < -0.39 is 11.9 Å². The molecule has 1 aliphatic carbocycles. The average Bonchev–Trinajstić information content (AvgIpc) is 2.82. The second-order valence-electron chi connectivity index (χ2n) is 7.85. The molecule has 0 amide bonds. The van der Waals surface area contributed by atoms with Crippen LogP contribution in [-0.2, 0) is 25.7 Å². The maximum atomic E-state index is 12.9. The largest absolute Gasteiger partial charge is 0.496 e. The summed E-state index contributed by atoms with van der Waals surface area (Å²) in [6.07, 6.45) is 1.61. The van der Waals surface area contributed by atoms with E-state index in [1.807, 2.05) is 12.1 Å². The first-order chi connectivity index (χ1) is 16.3. The van der Waals surface area contributed by atoms with E-state index in [1.54, 1.807) is 31.4 Å². The highest BCUT2D eigenvalue weighted by molar-refractivity contribution is 9.10. The number of esters is 1. The Hall–Kier alpha value is -2.97. The summed E-state index contributed by atoms with van der Waals surface area (Å²) < 4.78 is 23.0. The Balaban J connectivity index is 1.76. The number of hydrogen-bond acceptors (Lipinski definition) is 7. The van der Waals surface area contributed by atoms with Gasteiger partial charge in [0.05, 0.1) is 25.2 Å². The van der Waals surface area contributed by atoms with Crippen LogP contribution in [0.3, 0.4) is 0 Å². The fraction of sp³-hybridized carbons (Fsp3) is 0.280. The third kappa shape index (κ3) is 4.65. The van der Waals surface area contributed by atoms with E-state index in [0.717, 1.165) is 4.47 Å². The normalized spacial score (nSPS) is 17.8. The lowest BCUT2D eigenvalue weighted by molar-refractivity contribution is -0.136. The first-order valence-electron chi connectivity index (χ1n) is 10.6. The highest BCUT2D eigenvalue weighted by atomic mass is 79.9. The molecule has 0 radical (unpaired) electrons. The lowest BCUT2D eigenvalue weighted by atomic mass is 9.77. The van der Waals surface area contributed by atoms with Crippen LogP contribution >= 0.6 is 27.5 Å². The molecule has 0 saturated heterocycles. The van der Waals surface area contributed by atoms with E-state index in [2.05, 4.69) is 15.9 Å². The summed E-state index contributed by atoms with van der Waals surface area (Å²) in [6.45, 7) is 0.147. The van der Waals surface area contributed by atoms with Gasteiger partial charge in [-0.3, -0.25) is 4.79 Å². The van der Waals surface area contributed by atoms with Crippen molar-refractivity contribution in [1.82, 2.24) is 0 Å². The summed E-state index contributed by atoms with van der Waals surface area (Å²) in [5.41, 5.74) is 8.06. The van der Waals surface area contributed by atoms with E-state index in [0.29, 0.717) is 58.2 Å². The monoisotopic (exact) mass is 547 g/mol. The smallest absolute Gasteiger partial charge is 0.340 e. The third-order valence-electron chi connectivity index (χ3n) is 5.80. The number of ether oxygens (including phenoxy) is 4. The quantitative estimate of drug-likeness (QED) is 0.498. The molecule has 0 fully saturated rings. The van der Waals surface area contributed by atoms with Gasteiger partial charge in [-0.2, -0.15) is 0 Å². The predicted molar refractivity (Wildman–Crippen MR) is 129 cm³/mol. The van der Waals surface area contributed by atoms with E-state index in [4.69, 9.17) is 36.3 Å². The van der Waals surface area contributed by atoms with E-state index in [9.17, 15) is 9.59 Å². The van der Waals surface area contributed by atoms with Crippen LogP contribution < -0.4 is 15.2 Å². The summed E-state index contributed by atoms with van der Waals surface area (Å²) in [5, 5.41) is 0.459. The number of halogens is 2. The number of carbonyl (C=O) groups excluding carboxylic acids is 2. The number of rotatable bonds is 6. The Kier molecular flexibility index (Phi) is 7.19. The van der Waals surface area contributed by atoms with Crippen molar-refractivity contribution in [2.45, 2.75) is 31.8 Å². The Labute approximate surface area is 210 Å². The van der Waals surface area contributed by atoms with Crippen molar-refractivity contribution in [3.05, 3.63) is 79.8 Å². The van der Waals surface area contributed by atoms with Crippen LogP contribution in [0.5, 0.6) is 11.5 Å². The molecule has 2 N–H and O–H groups in total. The van der Waals surface area contributed by atoms with Gasteiger partial charge in [0.15, 0.2) is 5.78 Å². The van der Waals surface area contributed by atoms with Gasteiger partial charge in [0, 0.05) is 28.5 Å². The van der Waals surface area contributed by atoms with Crippen molar-refractivity contribution in [2.75, 3.05) is 14.2 Å². The molecule has 0 aromatic heterocycles. The topological polar surface area (TPSA) is 97.1 Å². The zero-order valence-electron chi connectivity index (χ0n) is 18.7. The molecule has 2 aromatic rings. The SMILES string of the molecule is COC(=O)C1=C(N)OC2=C(C(=O)CCC2)[C@@H]1c1ccc(OC)c(COc2ccc(Br)cc2Cl)c1. The third-order valence-corrected chi connectivity index (χ3v) is 6.59. The van der Waals surface area contributed by atoms with Gasteiger partial charge >= 0.3 is 5.97 Å². The van der Waals surface area contributed by atoms with Crippen molar-refractivity contribution >= 4 is 39.3 Å². The van der Waals surface area contributed by atoms with Crippen LogP contribution in [0.4, 0.5) is 0 Å². The summed E-state index contributed by atoms with van der Waals surface area (Å²) >= 11 is 9.66. The molecule has 2 aromatic carbocycles. The van der Waals surface area contributed by atoms with Gasteiger partial charge in [-0.25, -0.2) is 4.79 Å². The highest BCUT2D eigenvalue weighted by Gasteiger charge is 2.41. The molecule has 0 bridgehead atoms. The minimum atomic E-state index is -0.718. The number of carbonyl (C=O) groups is 2. The number of methoxy groups -OCH3 is 2. The number of Topliss-reactive ketones (excluding diaryl/α,β-unsaturated/α-hetero) is 1. The molecular weight excluding hydrogens is 526 g/mol. The molecule has 0 spiro atoms. The molecule has 1 aliphatic heterocycles. The number of ketones is 1. The van der Waals surface area contributed by atoms with Gasteiger partial charge in [0.2, 0.25) is 5.88 Å². The summed E-state index contributed by atoms with van der Waals surface area (Å²) in [5.74, 6) is 0.102. The van der Waals surface area contributed by atoms with Gasteiger partial charge in [-0.05, 0) is 42.3 Å². The number of benzene rings is 2. The number of hydrogen-bond donors (Lipinski definition) is 1. The molecule has 1 atom stereocenters. The fourth-order valence-corrected chi connectivity index (χ4v) is 4.96. The van der Waals surface area contributed by atoms with Gasteiger partial charge < -0.3 is 24.7 Å². The van der Waals surface area contributed by atoms with Crippen molar-refractivity contribution in [3.8, 4) is 11.5 Å². The number of nitrogens with two attached hydrogens (primary N) is 1. The van der Waals surface area contributed by atoms with Gasteiger partial charge in [0.1, 0.15) is 29.4 Å². The predicted octanol–water partition coefficient (Wildman–Crippen LogP) is 5.15.